The molecule has 374 valence electrons. The average molecular weight is 1010 g/mol. The molecule has 8 rings (SSSR count). The van der Waals surface area contributed by atoms with Crippen LogP contribution >= 0.6 is 11.6 Å². The maximum atomic E-state index is 13.9. The number of piperazine rings is 1. The smallest absolute Gasteiger partial charge is 0.354 e. The number of hydrogen-bond acceptors (Lipinski definition) is 10. The molecule has 0 aliphatic carbocycles. The summed E-state index contributed by atoms with van der Waals surface area (Å²) in [6.45, 7) is 10.2. The molecular formula is C53H67ClN6O8SSi. The number of anilines is 1. The molecule has 0 radical (unpaired) electrons. The van der Waals surface area contributed by atoms with E-state index in [2.05, 4.69) is 74.2 Å². The summed E-state index contributed by atoms with van der Waals surface area (Å²) in [4.78, 5) is 16.1. The summed E-state index contributed by atoms with van der Waals surface area (Å²) in [7, 11) is 2.02. The predicted octanol–water partition coefficient (Wildman–Crippen LogP) is 8.08. The van der Waals surface area contributed by atoms with E-state index in [1.54, 1.807) is 14.1 Å². The number of rotatable bonds is 18. The van der Waals surface area contributed by atoms with E-state index in [9.17, 15) is 13.2 Å². The van der Waals surface area contributed by atoms with E-state index >= 15 is 0 Å². The number of fused-ring (bicyclic) bond motifs is 1. The van der Waals surface area contributed by atoms with E-state index in [-0.39, 0.29) is 24.5 Å². The van der Waals surface area contributed by atoms with Crippen molar-refractivity contribution in [3.05, 3.63) is 125 Å². The molecule has 0 spiro atoms. The molecule has 2 fully saturated rings. The third-order valence-electron chi connectivity index (χ3n) is 13.7. The van der Waals surface area contributed by atoms with Gasteiger partial charge in [-0.05, 0) is 83.4 Å². The molecule has 4 heterocycles. The van der Waals surface area contributed by atoms with Crippen LogP contribution in [0.2, 0.25) is 10.1 Å². The number of esters is 1. The molecular weight excluding hydrogens is 944 g/mol. The van der Waals surface area contributed by atoms with Gasteiger partial charge in [0.15, 0.2) is 6.29 Å². The van der Waals surface area contributed by atoms with Crippen LogP contribution in [0.1, 0.15) is 73.9 Å². The molecule has 2 aliphatic rings. The van der Waals surface area contributed by atoms with Crippen LogP contribution in [0.5, 0.6) is 5.75 Å². The largest absolute Gasteiger partial charge is 0.487 e. The topological polar surface area (TPSA) is 130 Å². The summed E-state index contributed by atoms with van der Waals surface area (Å²) in [6, 6.07) is 33.0. The molecule has 1 unspecified atom stereocenters. The van der Waals surface area contributed by atoms with Gasteiger partial charge < -0.3 is 32.8 Å². The van der Waals surface area contributed by atoms with Gasteiger partial charge in [-0.15, -0.1) is 0 Å². The Kier molecular flexibility index (Phi) is 15.9. The third-order valence-corrected chi connectivity index (χ3v) is 21.0. The van der Waals surface area contributed by atoms with Gasteiger partial charge in [0.1, 0.15) is 18.1 Å². The number of carbonyl (C=O) groups is 1. The van der Waals surface area contributed by atoms with Crippen molar-refractivity contribution in [2.45, 2.75) is 77.4 Å². The number of carbonyl (C=O) groups excluding carboxylic acids is 1. The minimum Gasteiger partial charge on any atom is -0.487 e. The van der Waals surface area contributed by atoms with E-state index in [0.717, 1.165) is 52.7 Å². The van der Waals surface area contributed by atoms with Crippen molar-refractivity contribution >= 4 is 63.1 Å². The van der Waals surface area contributed by atoms with Crippen molar-refractivity contribution < 1.29 is 36.6 Å². The summed E-state index contributed by atoms with van der Waals surface area (Å²) in [6.07, 6.45) is 3.63. The third kappa shape index (κ3) is 10.3. The van der Waals surface area contributed by atoms with Crippen molar-refractivity contribution in [2.75, 3.05) is 65.5 Å². The lowest BCUT2D eigenvalue weighted by molar-refractivity contribution is -0.169. The van der Waals surface area contributed by atoms with Gasteiger partial charge in [-0.25, -0.2) is 4.79 Å². The molecule has 1 atom stereocenters. The van der Waals surface area contributed by atoms with Crippen LogP contribution in [0.15, 0.2) is 97.1 Å². The van der Waals surface area contributed by atoms with E-state index in [4.69, 9.17) is 40.1 Å². The highest BCUT2D eigenvalue weighted by Gasteiger charge is 2.50. The molecule has 6 aromatic rings. The Morgan fingerprint density at radius 3 is 2.11 bits per heavy atom. The van der Waals surface area contributed by atoms with Crippen LogP contribution in [0.4, 0.5) is 5.69 Å². The maximum Gasteiger partial charge on any atom is 0.354 e. The number of benzene rings is 4. The first-order valence-corrected chi connectivity index (χ1v) is 27.8. The average Bonchev–Trinajstić information content (AvgIpc) is 3.83. The van der Waals surface area contributed by atoms with Crippen molar-refractivity contribution in [1.82, 2.24) is 23.0 Å². The minimum absolute atomic E-state index is 0.145. The predicted molar refractivity (Wildman–Crippen MR) is 279 cm³/mol. The molecule has 2 saturated heterocycles. The zero-order valence-corrected chi connectivity index (χ0v) is 44.3. The number of halogens is 1. The first-order valence-electron chi connectivity index (χ1n) is 24.1. The van der Waals surface area contributed by atoms with Crippen LogP contribution in [0, 0.1) is 0 Å². The fourth-order valence-electron chi connectivity index (χ4n) is 10.2. The highest BCUT2D eigenvalue weighted by molar-refractivity contribution is 7.86. The zero-order chi connectivity index (χ0) is 49.8. The van der Waals surface area contributed by atoms with Crippen LogP contribution in [-0.2, 0) is 62.6 Å². The van der Waals surface area contributed by atoms with Gasteiger partial charge in [0.2, 0.25) is 0 Å². The Balaban J connectivity index is 1.12. The van der Waals surface area contributed by atoms with Gasteiger partial charge in [0, 0.05) is 89.8 Å². The number of aromatic nitrogens is 3. The lowest BCUT2D eigenvalue weighted by Gasteiger charge is -2.43. The summed E-state index contributed by atoms with van der Waals surface area (Å²) < 4.78 is 63.6. The second-order valence-corrected chi connectivity index (χ2v) is 26.1. The molecule has 0 amide bonds. The fourth-order valence-corrected chi connectivity index (χ4v) is 16.1. The monoisotopic (exact) mass is 1010 g/mol. The van der Waals surface area contributed by atoms with Crippen molar-refractivity contribution in [3.63, 3.8) is 0 Å². The van der Waals surface area contributed by atoms with Gasteiger partial charge in [0.05, 0.1) is 35.6 Å². The number of aryl methyl sites for hydroxylation is 3. The molecule has 17 heteroatoms. The van der Waals surface area contributed by atoms with Gasteiger partial charge in [-0.1, -0.05) is 99.1 Å². The standard InChI is InChI=1S/C53H67ClN6O8SSi/c1-53(2,3)70(40-18-11-9-12-19-40,41-20-13-10-14-21-41)68-35-17-22-42-43-28-29-44(54)48(50(43)57(6)51(42)52(61)64-8)49-45(36-67-47-23-15-16-34-65-47)55-58(7)46(49)37-66-39-26-24-38(25-27-39)59-30-32-60(33-31-59)69(62,63)56(4)5/h9-14,18-21,24-29,47H,15-17,22-23,30-37H2,1-8H3. The first kappa shape index (κ1) is 51.3. The second kappa shape index (κ2) is 21.8. The maximum absolute atomic E-state index is 13.9. The molecule has 2 aromatic heterocycles. The minimum atomic E-state index is -3.47. The SMILES string of the molecule is COC(=O)c1c(CCCO[Si](c2ccccc2)(c2ccccc2)C(C)(C)C)c2ccc(Cl)c(-c3c(COC4CCCCO4)nn(C)c3COc3ccc(N4CCN(S(=O)(=O)N(C)C)CC4)cc3)c2n1C. The van der Waals surface area contributed by atoms with E-state index in [0.29, 0.717) is 80.0 Å². The highest BCUT2D eigenvalue weighted by Crippen LogP contribution is 2.43. The molecule has 0 bridgehead atoms. The molecule has 2 aliphatic heterocycles. The Labute approximate surface area is 419 Å². The number of ether oxygens (including phenoxy) is 4. The number of hydrogen-bond donors (Lipinski definition) is 0. The van der Waals surface area contributed by atoms with Crippen molar-refractivity contribution in [1.29, 1.82) is 0 Å². The Bertz CT molecular complexity index is 2820. The Morgan fingerprint density at radius 1 is 0.871 bits per heavy atom. The summed E-state index contributed by atoms with van der Waals surface area (Å²) in [5.74, 6) is 0.206. The van der Waals surface area contributed by atoms with Crippen LogP contribution in [0.3, 0.4) is 0 Å². The normalized spacial score (nSPS) is 16.3. The second-order valence-electron chi connectivity index (χ2n) is 19.3. The number of nitrogens with zero attached hydrogens (tertiary/aromatic N) is 6. The van der Waals surface area contributed by atoms with E-state index in [1.165, 1.54) is 26.1 Å². The van der Waals surface area contributed by atoms with Gasteiger partial charge in [-0.3, -0.25) is 4.68 Å². The van der Waals surface area contributed by atoms with Gasteiger partial charge in [-0.2, -0.15) is 22.1 Å². The van der Waals surface area contributed by atoms with Crippen LogP contribution in [-0.4, -0.2) is 113 Å². The summed E-state index contributed by atoms with van der Waals surface area (Å²) >= 11 is 7.35. The summed E-state index contributed by atoms with van der Waals surface area (Å²) in [5, 5.41) is 8.63. The highest BCUT2D eigenvalue weighted by atomic mass is 35.5. The lowest BCUT2D eigenvalue weighted by atomic mass is 9.98. The molecule has 14 nitrogen and oxygen atoms in total. The van der Waals surface area contributed by atoms with Crippen molar-refractivity contribution in [2.24, 2.45) is 14.1 Å². The number of methoxy groups -OCH3 is 1. The van der Waals surface area contributed by atoms with Gasteiger partial charge in [0.25, 0.3) is 18.5 Å². The fraction of sp³-hybridized carbons (Fsp3) is 0.434. The van der Waals surface area contributed by atoms with Gasteiger partial charge >= 0.3 is 5.97 Å². The molecule has 70 heavy (non-hydrogen) atoms. The van der Waals surface area contributed by atoms with E-state index < -0.39 is 24.5 Å². The van der Waals surface area contributed by atoms with Crippen LogP contribution < -0.4 is 20.0 Å². The van der Waals surface area contributed by atoms with Crippen LogP contribution in [0.25, 0.3) is 22.0 Å². The quantitative estimate of drug-likeness (QED) is 0.0474. The van der Waals surface area contributed by atoms with E-state index in [1.807, 2.05) is 71.9 Å². The Hall–Kier alpha value is -5.04. The summed E-state index contributed by atoms with van der Waals surface area (Å²) in [5.41, 5.74) is 5.94. The zero-order valence-electron chi connectivity index (χ0n) is 41.7. The molecule has 4 aromatic carbocycles. The van der Waals surface area contributed by atoms with Crippen molar-refractivity contribution in [3.8, 4) is 16.9 Å². The molecule has 0 N–H and O–H groups in total. The lowest BCUT2D eigenvalue weighted by Crippen LogP contribution is -2.66. The first-order chi connectivity index (χ1) is 33.6. The Morgan fingerprint density at radius 2 is 1.53 bits per heavy atom. The molecule has 0 saturated carbocycles.